The minimum atomic E-state index is -0.161. The average molecular weight is 214 g/mol. The highest BCUT2D eigenvalue weighted by Gasteiger charge is 2.25. The molecule has 90 valence electrons. The van der Waals surface area contributed by atoms with Crippen LogP contribution in [0.1, 0.15) is 34.1 Å². The van der Waals surface area contributed by atoms with Gasteiger partial charge in [-0.15, -0.1) is 0 Å². The smallest absolute Gasteiger partial charge is 0.0524 e. The molecule has 1 saturated heterocycles. The predicted molar refractivity (Wildman–Crippen MR) is 64.1 cm³/mol. The molecular weight excluding hydrogens is 188 g/mol. The Morgan fingerprint density at radius 2 is 1.67 bits per heavy atom. The van der Waals surface area contributed by atoms with Crippen LogP contribution in [0.3, 0.4) is 0 Å². The molecule has 0 aliphatic carbocycles. The fourth-order valence-electron chi connectivity index (χ4n) is 2.01. The van der Waals surface area contributed by atoms with E-state index in [-0.39, 0.29) is 6.10 Å². The van der Waals surface area contributed by atoms with Crippen molar-refractivity contribution >= 4 is 0 Å². The van der Waals surface area contributed by atoms with Gasteiger partial charge in [0.25, 0.3) is 0 Å². The summed E-state index contributed by atoms with van der Waals surface area (Å²) in [5.74, 6) is 0. The predicted octanol–water partition coefficient (Wildman–Crippen LogP) is 1.17. The van der Waals surface area contributed by atoms with Gasteiger partial charge in [0, 0.05) is 38.3 Å². The Labute approximate surface area is 94.1 Å². The first-order valence-electron chi connectivity index (χ1n) is 6.05. The van der Waals surface area contributed by atoms with E-state index in [1.807, 2.05) is 6.92 Å². The maximum atomic E-state index is 9.23. The molecule has 0 aromatic rings. The van der Waals surface area contributed by atoms with Crippen LogP contribution in [0.2, 0.25) is 0 Å². The van der Waals surface area contributed by atoms with Crippen molar-refractivity contribution in [2.24, 2.45) is 0 Å². The molecule has 3 heteroatoms. The number of nitrogens with zero attached hydrogens (tertiary/aromatic N) is 2. The summed E-state index contributed by atoms with van der Waals surface area (Å²) in [4.78, 5) is 4.99. The quantitative estimate of drug-likeness (QED) is 0.764. The molecular formula is C12H26N2O. The van der Waals surface area contributed by atoms with Crippen molar-refractivity contribution in [1.82, 2.24) is 9.80 Å². The third-order valence-electron chi connectivity index (χ3n) is 3.18. The Bertz CT molecular complexity index is 179. The Balaban J connectivity index is 2.24. The first-order chi connectivity index (χ1) is 6.89. The lowest BCUT2D eigenvalue weighted by Crippen LogP contribution is -2.53. The molecule has 1 fully saturated rings. The summed E-state index contributed by atoms with van der Waals surface area (Å²) in [5, 5.41) is 9.23. The van der Waals surface area contributed by atoms with E-state index in [0.29, 0.717) is 5.54 Å². The minimum Gasteiger partial charge on any atom is -0.393 e. The third-order valence-corrected chi connectivity index (χ3v) is 3.18. The second kappa shape index (κ2) is 5.28. The monoisotopic (exact) mass is 214 g/mol. The zero-order valence-electron chi connectivity index (χ0n) is 10.7. The van der Waals surface area contributed by atoms with Crippen LogP contribution in [0, 0.1) is 0 Å². The molecule has 1 rings (SSSR count). The fraction of sp³-hybridized carbons (Fsp3) is 1.00. The van der Waals surface area contributed by atoms with E-state index in [2.05, 4.69) is 30.6 Å². The Kier molecular flexibility index (Phi) is 4.56. The highest BCUT2D eigenvalue weighted by atomic mass is 16.3. The van der Waals surface area contributed by atoms with Gasteiger partial charge in [0.05, 0.1) is 6.10 Å². The van der Waals surface area contributed by atoms with Gasteiger partial charge < -0.3 is 10.0 Å². The third kappa shape index (κ3) is 4.49. The molecule has 1 atom stereocenters. The highest BCUT2D eigenvalue weighted by molar-refractivity contribution is 4.81. The summed E-state index contributed by atoms with van der Waals surface area (Å²) in [6, 6.07) is 0. The van der Waals surface area contributed by atoms with Crippen LogP contribution in [-0.2, 0) is 0 Å². The van der Waals surface area contributed by atoms with Crippen LogP contribution in [0.4, 0.5) is 0 Å². The van der Waals surface area contributed by atoms with E-state index in [9.17, 15) is 5.11 Å². The Morgan fingerprint density at radius 1 is 1.13 bits per heavy atom. The summed E-state index contributed by atoms with van der Waals surface area (Å²) in [6.45, 7) is 14.3. The first kappa shape index (κ1) is 12.9. The van der Waals surface area contributed by atoms with Crippen LogP contribution in [0.15, 0.2) is 0 Å². The number of aliphatic hydroxyl groups excluding tert-OH is 1. The van der Waals surface area contributed by atoms with Crippen LogP contribution in [0.5, 0.6) is 0 Å². The normalized spacial score (nSPS) is 23.0. The SMILES string of the molecule is CC(O)CCN1CCN(C(C)(C)C)CC1. The summed E-state index contributed by atoms with van der Waals surface area (Å²) in [5.41, 5.74) is 0.302. The van der Waals surface area contributed by atoms with Crippen LogP contribution < -0.4 is 0 Å². The van der Waals surface area contributed by atoms with Gasteiger partial charge in [-0.3, -0.25) is 4.90 Å². The van der Waals surface area contributed by atoms with Gasteiger partial charge in [0.15, 0.2) is 0 Å². The second-order valence-electron chi connectivity index (χ2n) is 5.64. The van der Waals surface area contributed by atoms with Crippen LogP contribution >= 0.6 is 0 Å². The van der Waals surface area contributed by atoms with Gasteiger partial charge >= 0.3 is 0 Å². The summed E-state index contributed by atoms with van der Waals surface area (Å²) in [7, 11) is 0. The second-order valence-corrected chi connectivity index (χ2v) is 5.64. The molecule has 0 spiro atoms. The number of piperazine rings is 1. The van der Waals surface area contributed by atoms with E-state index < -0.39 is 0 Å². The molecule has 0 saturated carbocycles. The van der Waals surface area contributed by atoms with E-state index in [1.54, 1.807) is 0 Å². The lowest BCUT2D eigenvalue weighted by Gasteiger charge is -2.42. The first-order valence-corrected chi connectivity index (χ1v) is 6.05. The zero-order valence-corrected chi connectivity index (χ0v) is 10.7. The molecule has 15 heavy (non-hydrogen) atoms. The average Bonchev–Trinajstić information content (AvgIpc) is 2.14. The largest absolute Gasteiger partial charge is 0.393 e. The summed E-state index contributed by atoms with van der Waals surface area (Å²) >= 11 is 0. The molecule has 1 unspecified atom stereocenters. The molecule has 1 aliphatic rings. The van der Waals surface area contributed by atoms with Gasteiger partial charge in [-0.1, -0.05) is 0 Å². The van der Waals surface area contributed by atoms with Gasteiger partial charge in [0.2, 0.25) is 0 Å². The number of aliphatic hydroxyl groups is 1. The van der Waals surface area contributed by atoms with Crippen molar-refractivity contribution in [2.75, 3.05) is 32.7 Å². The number of rotatable bonds is 3. The van der Waals surface area contributed by atoms with Crippen LogP contribution in [-0.4, -0.2) is 59.3 Å². The van der Waals surface area contributed by atoms with Crippen molar-refractivity contribution in [3.63, 3.8) is 0 Å². The van der Waals surface area contributed by atoms with Crippen molar-refractivity contribution in [3.05, 3.63) is 0 Å². The lowest BCUT2D eigenvalue weighted by atomic mass is 10.0. The Hall–Kier alpha value is -0.120. The molecule has 0 aromatic heterocycles. The number of hydrogen-bond acceptors (Lipinski definition) is 3. The van der Waals surface area contributed by atoms with Gasteiger partial charge in [-0.2, -0.15) is 0 Å². The molecule has 0 bridgehead atoms. The molecule has 0 radical (unpaired) electrons. The van der Waals surface area contributed by atoms with Crippen molar-refractivity contribution in [1.29, 1.82) is 0 Å². The topological polar surface area (TPSA) is 26.7 Å². The van der Waals surface area contributed by atoms with Gasteiger partial charge in [-0.05, 0) is 34.1 Å². The summed E-state index contributed by atoms with van der Waals surface area (Å²) in [6.07, 6.45) is 0.737. The molecule has 3 nitrogen and oxygen atoms in total. The molecule has 1 N–H and O–H groups in total. The number of hydrogen-bond donors (Lipinski definition) is 1. The highest BCUT2D eigenvalue weighted by Crippen LogP contribution is 2.15. The molecule has 1 aliphatic heterocycles. The standard InChI is InChI=1S/C12H26N2O/c1-11(15)5-6-13-7-9-14(10-8-13)12(2,3)4/h11,15H,5-10H2,1-4H3. The fourth-order valence-corrected chi connectivity index (χ4v) is 2.01. The summed E-state index contributed by atoms with van der Waals surface area (Å²) < 4.78 is 0. The van der Waals surface area contributed by atoms with Crippen molar-refractivity contribution in [2.45, 2.75) is 45.8 Å². The van der Waals surface area contributed by atoms with Gasteiger partial charge in [0.1, 0.15) is 0 Å². The van der Waals surface area contributed by atoms with E-state index in [1.165, 1.54) is 0 Å². The maximum absolute atomic E-state index is 9.23. The molecule has 1 heterocycles. The Morgan fingerprint density at radius 3 is 2.07 bits per heavy atom. The lowest BCUT2D eigenvalue weighted by molar-refractivity contribution is 0.0549. The molecule has 0 aromatic carbocycles. The molecule has 0 amide bonds. The van der Waals surface area contributed by atoms with Gasteiger partial charge in [-0.25, -0.2) is 0 Å². The van der Waals surface area contributed by atoms with E-state index in [4.69, 9.17) is 0 Å². The van der Waals surface area contributed by atoms with Crippen molar-refractivity contribution in [3.8, 4) is 0 Å². The maximum Gasteiger partial charge on any atom is 0.0524 e. The van der Waals surface area contributed by atoms with Crippen molar-refractivity contribution < 1.29 is 5.11 Å². The minimum absolute atomic E-state index is 0.161. The van der Waals surface area contributed by atoms with E-state index >= 15 is 0 Å². The van der Waals surface area contributed by atoms with Crippen LogP contribution in [0.25, 0.3) is 0 Å². The zero-order chi connectivity index (χ0) is 11.5. The van der Waals surface area contributed by atoms with E-state index in [0.717, 1.165) is 39.1 Å².